The predicted molar refractivity (Wildman–Crippen MR) is 183 cm³/mol. The van der Waals surface area contributed by atoms with Gasteiger partial charge in [0.25, 0.3) is 0 Å². The van der Waals surface area contributed by atoms with Crippen LogP contribution < -0.4 is 14.7 Å². The summed E-state index contributed by atoms with van der Waals surface area (Å²) in [4.78, 5) is 31.1. The lowest BCUT2D eigenvalue weighted by atomic mass is 9.87. The van der Waals surface area contributed by atoms with Crippen LogP contribution in [0, 0.1) is 0 Å². The Bertz CT molecular complexity index is 1710. The van der Waals surface area contributed by atoms with Crippen LogP contribution in [0.4, 0.5) is 41.6 Å². The zero-order valence-corrected chi connectivity index (χ0v) is 27.1. The Morgan fingerprint density at radius 3 is 1.62 bits per heavy atom. The second kappa shape index (κ2) is 12.9. The Morgan fingerprint density at radius 2 is 1.13 bits per heavy atom. The fourth-order valence-corrected chi connectivity index (χ4v) is 6.48. The zero-order chi connectivity index (χ0) is 33.3. The third-order valence-corrected chi connectivity index (χ3v) is 9.07. The van der Waals surface area contributed by atoms with E-state index in [-0.39, 0.29) is 22.9 Å². The lowest BCUT2D eigenvalue weighted by Gasteiger charge is -2.31. The molecule has 2 heterocycles. The van der Waals surface area contributed by atoms with E-state index in [0.29, 0.717) is 37.3 Å². The average molecular weight is 640 g/mol. The highest BCUT2D eigenvalue weighted by Crippen LogP contribution is 2.44. The Hall–Kier alpha value is -4.59. The van der Waals surface area contributed by atoms with Crippen molar-refractivity contribution < 1.29 is 22.8 Å². The number of rotatable bonds is 6. The normalized spacial score (nSPS) is 16.0. The van der Waals surface area contributed by atoms with E-state index in [1.165, 1.54) is 12.1 Å². The molecular weight excluding hydrogens is 599 g/mol. The maximum Gasteiger partial charge on any atom is 0.418 e. The Labute approximate surface area is 274 Å². The van der Waals surface area contributed by atoms with Crippen molar-refractivity contribution in [3.63, 3.8) is 0 Å². The van der Waals surface area contributed by atoms with Crippen molar-refractivity contribution in [2.45, 2.75) is 70.9 Å². The number of hydrogen-bond acceptors (Lipinski definition) is 3. The number of nitrogens with zero attached hydrogens (tertiary/aromatic N) is 3. The molecule has 0 saturated carbocycles. The van der Waals surface area contributed by atoms with Crippen LogP contribution in [0.15, 0.2) is 91.0 Å². The Morgan fingerprint density at radius 1 is 0.617 bits per heavy atom. The third kappa shape index (κ3) is 6.92. The van der Waals surface area contributed by atoms with E-state index >= 15 is 0 Å². The summed E-state index contributed by atoms with van der Waals surface area (Å²) >= 11 is 0. The number of hydrogen-bond donors (Lipinski definition) is 0. The smallest absolute Gasteiger partial charge is 0.312 e. The van der Waals surface area contributed by atoms with Crippen LogP contribution in [0.5, 0.6) is 0 Å². The van der Waals surface area contributed by atoms with E-state index in [1.807, 2.05) is 66.7 Å². The summed E-state index contributed by atoms with van der Waals surface area (Å²) in [5, 5.41) is 0. The zero-order valence-electron chi connectivity index (χ0n) is 27.1. The minimum absolute atomic E-state index is 0.0350. The molecule has 47 heavy (non-hydrogen) atoms. The van der Waals surface area contributed by atoms with E-state index in [2.05, 4.69) is 20.8 Å². The molecule has 0 aliphatic carbocycles. The number of halogens is 3. The van der Waals surface area contributed by atoms with Gasteiger partial charge in [0.15, 0.2) is 0 Å². The Balaban J connectivity index is 1.44. The van der Waals surface area contributed by atoms with Gasteiger partial charge in [-0.05, 0) is 102 Å². The van der Waals surface area contributed by atoms with Crippen LogP contribution in [0.2, 0.25) is 0 Å². The van der Waals surface area contributed by atoms with Crippen molar-refractivity contribution in [3.8, 4) is 11.1 Å². The number of para-hydroxylation sites is 1. The molecule has 2 aliphatic rings. The van der Waals surface area contributed by atoms with Gasteiger partial charge in [0.2, 0.25) is 11.8 Å². The lowest BCUT2D eigenvalue weighted by Crippen LogP contribution is -2.37. The minimum Gasteiger partial charge on any atom is -0.312 e. The summed E-state index contributed by atoms with van der Waals surface area (Å²) in [5.41, 5.74) is 4.63. The van der Waals surface area contributed by atoms with Gasteiger partial charge in [0.05, 0.1) is 11.3 Å². The quantitative estimate of drug-likeness (QED) is 0.211. The van der Waals surface area contributed by atoms with Crippen molar-refractivity contribution in [1.82, 2.24) is 0 Å². The highest BCUT2D eigenvalue weighted by atomic mass is 19.4. The van der Waals surface area contributed by atoms with E-state index in [9.17, 15) is 22.8 Å². The van der Waals surface area contributed by atoms with Crippen molar-refractivity contribution in [2.24, 2.45) is 0 Å². The van der Waals surface area contributed by atoms with Gasteiger partial charge in [0, 0.05) is 48.7 Å². The van der Waals surface area contributed by atoms with Crippen molar-refractivity contribution >= 4 is 40.3 Å². The van der Waals surface area contributed by atoms with Gasteiger partial charge in [-0.25, -0.2) is 0 Å². The van der Waals surface area contributed by atoms with Gasteiger partial charge in [-0.15, -0.1) is 0 Å². The van der Waals surface area contributed by atoms with Crippen LogP contribution in [-0.2, 0) is 21.2 Å². The lowest BCUT2D eigenvalue weighted by molar-refractivity contribution is -0.137. The second-order valence-electron chi connectivity index (χ2n) is 13.4. The van der Waals surface area contributed by atoms with Gasteiger partial charge in [-0.3, -0.25) is 9.59 Å². The maximum absolute atomic E-state index is 14.3. The highest BCUT2D eigenvalue weighted by Gasteiger charge is 2.35. The molecule has 0 atom stereocenters. The van der Waals surface area contributed by atoms with Crippen LogP contribution in [-0.4, -0.2) is 24.9 Å². The third-order valence-electron chi connectivity index (χ3n) is 9.07. The van der Waals surface area contributed by atoms with Crippen LogP contribution in [0.25, 0.3) is 11.1 Å². The average Bonchev–Trinajstić information content (AvgIpc) is 3.05. The number of piperidine rings is 2. The molecular formula is C39H40F3N3O2. The van der Waals surface area contributed by atoms with Gasteiger partial charge in [-0.1, -0.05) is 57.2 Å². The standard InChI is InChI=1S/C39H40F3N3O2/c1-38(2,3)29-16-20-31(21-17-29)45(35-11-5-4-10-34(35)39(40,41)42)30-18-14-27(15-19-30)28-24-32(43-22-8-6-12-36(43)46)26-33(25-28)44-23-9-7-13-37(44)47/h4-5,10-11,14-21,24-26H,6-9,12-13,22-23H2,1-3H3. The number of anilines is 5. The topological polar surface area (TPSA) is 43.9 Å². The molecule has 8 heteroatoms. The number of amides is 2. The predicted octanol–water partition coefficient (Wildman–Crippen LogP) is 10.2. The fourth-order valence-electron chi connectivity index (χ4n) is 6.48. The van der Waals surface area contributed by atoms with Crippen molar-refractivity contribution in [3.05, 3.63) is 102 Å². The second-order valence-corrected chi connectivity index (χ2v) is 13.4. The molecule has 0 unspecified atom stereocenters. The number of benzene rings is 4. The fraction of sp³-hybridized carbons (Fsp3) is 0.333. The monoisotopic (exact) mass is 639 g/mol. The largest absolute Gasteiger partial charge is 0.418 e. The SMILES string of the molecule is CC(C)(C)c1ccc(N(c2ccc(-c3cc(N4CCCCC4=O)cc(N4CCCCC4=O)c3)cc2)c2ccccc2C(F)(F)F)cc1. The first-order chi connectivity index (χ1) is 22.4. The summed E-state index contributed by atoms with van der Waals surface area (Å²) in [6.45, 7) is 7.53. The number of carbonyl (C=O) groups is 2. The summed E-state index contributed by atoms with van der Waals surface area (Å²) in [5.74, 6) is 0.132. The van der Waals surface area contributed by atoms with E-state index in [4.69, 9.17) is 0 Å². The Kier molecular flexibility index (Phi) is 8.88. The highest BCUT2D eigenvalue weighted by molar-refractivity contribution is 5.99. The summed E-state index contributed by atoms with van der Waals surface area (Å²) in [7, 11) is 0. The molecule has 4 aromatic carbocycles. The summed E-state index contributed by atoms with van der Waals surface area (Å²) in [6.07, 6.45) is -0.0224. The molecule has 5 nitrogen and oxygen atoms in total. The molecule has 0 spiro atoms. The molecule has 0 N–H and O–H groups in total. The molecule has 2 saturated heterocycles. The molecule has 2 fully saturated rings. The first-order valence-corrected chi connectivity index (χ1v) is 16.3. The van der Waals surface area contributed by atoms with Crippen LogP contribution in [0.3, 0.4) is 0 Å². The van der Waals surface area contributed by atoms with Crippen molar-refractivity contribution in [2.75, 3.05) is 27.8 Å². The molecule has 0 aromatic heterocycles. The summed E-state index contributed by atoms with van der Waals surface area (Å²) < 4.78 is 42.9. The molecule has 2 amide bonds. The first-order valence-electron chi connectivity index (χ1n) is 16.3. The molecule has 2 aliphatic heterocycles. The van der Waals surface area contributed by atoms with Gasteiger partial charge < -0.3 is 14.7 Å². The van der Waals surface area contributed by atoms with Crippen LogP contribution in [0.1, 0.15) is 70.4 Å². The van der Waals surface area contributed by atoms with Gasteiger partial charge in [0.1, 0.15) is 0 Å². The van der Waals surface area contributed by atoms with E-state index < -0.39 is 11.7 Å². The molecule has 4 aromatic rings. The van der Waals surface area contributed by atoms with Gasteiger partial charge in [-0.2, -0.15) is 13.2 Å². The van der Waals surface area contributed by atoms with E-state index in [0.717, 1.165) is 59.8 Å². The molecule has 244 valence electrons. The summed E-state index contributed by atoms with van der Waals surface area (Å²) in [6, 6.07) is 26.6. The number of carbonyl (C=O) groups excluding carboxylic acids is 2. The molecule has 6 rings (SSSR count). The first kappa shape index (κ1) is 32.4. The van der Waals surface area contributed by atoms with E-state index in [1.54, 1.807) is 20.8 Å². The molecule has 0 radical (unpaired) electrons. The molecule has 0 bridgehead atoms. The maximum atomic E-state index is 14.3. The van der Waals surface area contributed by atoms with Crippen LogP contribution >= 0.6 is 0 Å². The van der Waals surface area contributed by atoms with Gasteiger partial charge >= 0.3 is 6.18 Å². The number of alkyl halides is 3. The van der Waals surface area contributed by atoms with Crippen molar-refractivity contribution in [1.29, 1.82) is 0 Å². The minimum atomic E-state index is -4.55.